The zero-order chi connectivity index (χ0) is 13.1. The van der Waals surface area contributed by atoms with E-state index in [0.717, 1.165) is 37.5 Å². The van der Waals surface area contributed by atoms with Crippen LogP contribution < -0.4 is 10.1 Å². The smallest absolute Gasteiger partial charge is 0.125 e. The molecule has 1 aromatic heterocycles. The predicted octanol–water partition coefficient (Wildman–Crippen LogP) is 3.30. The molecule has 0 fully saturated rings. The lowest BCUT2D eigenvalue weighted by Crippen LogP contribution is -2.22. The molecule has 0 radical (unpaired) electrons. The highest BCUT2D eigenvalue weighted by Gasteiger charge is 2.19. The quantitative estimate of drug-likeness (QED) is 0.892. The molecular formula is C16H19NO2. The van der Waals surface area contributed by atoms with Gasteiger partial charge in [0.2, 0.25) is 0 Å². The van der Waals surface area contributed by atoms with Crippen molar-refractivity contribution in [1.29, 1.82) is 0 Å². The Morgan fingerprint density at radius 2 is 2.26 bits per heavy atom. The van der Waals surface area contributed by atoms with Gasteiger partial charge in [-0.05, 0) is 48.4 Å². The lowest BCUT2D eigenvalue weighted by atomic mass is 10.0. The Hall–Kier alpha value is -1.74. The number of hydrogen-bond donors (Lipinski definition) is 1. The van der Waals surface area contributed by atoms with Gasteiger partial charge in [0.05, 0.1) is 18.9 Å². The summed E-state index contributed by atoms with van der Waals surface area (Å²) in [5.41, 5.74) is 2.54. The van der Waals surface area contributed by atoms with Gasteiger partial charge in [-0.3, -0.25) is 0 Å². The summed E-state index contributed by atoms with van der Waals surface area (Å²) in [7, 11) is 0. The lowest BCUT2D eigenvalue weighted by Gasteiger charge is -2.17. The highest BCUT2D eigenvalue weighted by Crippen LogP contribution is 2.30. The van der Waals surface area contributed by atoms with Crippen molar-refractivity contribution in [3.05, 3.63) is 53.5 Å². The van der Waals surface area contributed by atoms with Crippen LogP contribution in [0.2, 0.25) is 0 Å². The Morgan fingerprint density at radius 3 is 3.05 bits per heavy atom. The second kappa shape index (κ2) is 5.49. The van der Waals surface area contributed by atoms with E-state index in [9.17, 15) is 0 Å². The highest BCUT2D eigenvalue weighted by atomic mass is 16.5. The summed E-state index contributed by atoms with van der Waals surface area (Å²) in [5.74, 6) is 1.99. The third-order valence-electron chi connectivity index (χ3n) is 3.47. The Bertz CT molecular complexity index is 534. The SMILES string of the molecule is CCCNC(c1ccc2c(c1)CCO2)c1ccco1. The first-order valence-corrected chi connectivity index (χ1v) is 6.91. The maximum Gasteiger partial charge on any atom is 0.125 e. The number of benzene rings is 1. The number of hydrogen-bond acceptors (Lipinski definition) is 3. The van der Waals surface area contributed by atoms with Crippen LogP contribution in [0.4, 0.5) is 0 Å². The molecule has 1 aliphatic rings. The third kappa shape index (κ3) is 2.51. The van der Waals surface area contributed by atoms with E-state index in [2.05, 4.69) is 30.4 Å². The highest BCUT2D eigenvalue weighted by molar-refractivity contribution is 5.42. The number of rotatable bonds is 5. The zero-order valence-electron chi connectivity index (χ0n) is 11.2. The molecule has 0 spiro atoms. The summed E-state index contributed by atoms with van der Waals surface area (Å²) in [5, 5.41) is 3.54. The van der Waals surface area contributed by atoms with E-state index in [1.54, 1.807) is 6.26 Å². The van der Waals surface area contributed by atoms with Crippen molar-refractivity contribution in [2.24, 2.45) is 0 Å². The van der Waals surface area contributed by atoms with E-state index in [1.807, 2.05) is 12.1 Å². The molecule has 1 aromatic carbocycles. The third-order valence-corrected chi connectivity index (χ3v) is 3.47. The van der Waals surface area contributed by atoms with Crippen LogP contribution in [-0.2, 0) is 6.42 Å². The van der Waals surface area contributed by atoms with Gasteiger partial charge in [-0.25, -0.2) is 0 Å². The summed E-state index contributed by atoms with van der Waals surface area (Å²) >= 11 is 0. The maximum absolute atomic E-state index is 5.57. The van der Waals surface area contributed by atoms with Gasteiger partial charge < -0.3 is 14.5 Å². The second-order valence-corrected chi connectivity index (χ2v) is 4.87. The first-order chi connectivity index (χ1) is 9.38. The van der Waals surface area contributed by atoms with Crippen molar-refractivity contribution in [2.45, 2.75) is 25.8 Å². The van der Waals surface area contributed by atoms with Crippen LogP contribution in [0.15, 0.2) is 41.0 Å². The Morgan fingerprint density at radius 1 is 1.32 bits per heavy atom. The molecule has 2 heterocycles. The number of fused-ring (bicyclic) bond motifs is 1. The average molecular weight is 257 g/mol. The second-order valence-electron chi connectivity index (χ2n) is 4.87. The maximum atomic E-state index is 5.57. The molecule has 3 nitrogen and oxygen atoms in total. The first kappa shape index (κ1) is 12.3. The summed E-state index contributed by atoms with van der Waals surface area (Å²) in [6.07, 6.45) is 3.83. The van der Waals surface area contributed by atoms with E-state index < -0.39 is 0 Å². The molecular weight excluding hydrogens is 238 g/mol. The Labute approximate surface area is 113 Å². The van der Waals surface area contributed by atoms with Crippen LogP contribution in [0.25, 0.3) is 0 Å². The van der Waals surface area contributed by atoms with Gasteiger partial charge in [0.15, 0.2) is 0 Å². The van der Waals surface area contributed by atoms with Crippen LogP contribution in [-0.4, -0.2) is 13.2 Å². The van der Waals surface area contributed by atoms with E-state index in [0.29, 0.717) is 0 Å². The largest absolute Gasteiger partial charge is 0.493 e. The Balaban J connectivity index is 1.90. The predicted molar refractivity (Wildman–Crippen MR) is 74.5 cm³/mol. The van der Waals surface area contributed by atoms with Gasteiger partial charge in [0.1, 0.15) is 11.5 Å². The van der Waals surface area contributed by atoms with Crippen LogP contribution in [0.3, 0.4) is 0 Å². The molecule has 3 rings (SSSR count). The normalized spacial score (nSPS) is 15.0. The summed E-state index contributed by atoms with van der Waals surface area (Å²) in [6.45, 7) is 3.94. The van der Waals surface area contributed by atoms with Gasteiger partial charge in [0, 0.05) is 6.42 Å². The fourth-order valence-electron chi connectivity index (χ4n) is 2.51. The van der Waals surface area contributed by atoms with Crippen molar-refractivity contribution < 1.29 is 9.15 Å². The molecule has 100 valence electrons. The van der Waals surface area contributed by atoms with E-state index in [1.165, 1.54) is 11.1 Å². The molecule has 1 atom stereocenters. The molecule has 0 aliphatic carbocycles. The monoisotopic (exact) mass is 257 g/mol. The van der Waals surface area contributed by atoms with Crippen molar-refractivity contribution in [2.75, 3.05) is 13.2 Å². The van der Waals surface area contributed by atoms with Gasteiger partial charge >= 0.3 is 0 Å². The molecule has 1 aliphatic heterocycles. The molecule has 0 bridgehead atoms. The van der Waals surface area contributed by atoms with E-state index in [4.69, 9.17) is 9.15 Å². The molecule has 0 saturated heterocycles. The molecule has 3 heteroatoms. The molecule has 0 saturated carbocycles. The molecule has 2 aromatic rings. The summed E-state index contributed by atoms with van der Waals surface area (Å²) in [6, 6.07) is 10.5. The Kier molecular flexibility index (Phi) is 3.56. The van der Waals surface area contributed by atoms with Crippen molar-refractivity contribution >= 4 is 0 Å². The molecule has 1 N–H and O–H groups in total. The summed E-state index contributed by atoms with van der Waals surface area (Å²) in [4.78, 5) is 0. The number of nitrogens with one attached hydrogen (secondary N) is 1. The average Bonchev–Trinajstić information content (AvgIpc) is 3.09. The minimum absolute atomic E-state index is 0.126. The van der Waals surface area contributed by atoms with Crippen LogP contribution in [0.1, 0.15) is 36.3 Å². The zero-order valence-corrected chi connectivity index (χ0v) is 11.2. The van der Waals surface area contributed by atoms with Gasteiger partial charge in [0.25, 0.3) is 0 Å². The van der Waals surface area contributed by atoms with Crippen LogP contribution in [0.5, 0.6) is 5.75 Å². The van der Waals surface area contributed by atoms with Crippen molar-refractivity contribution in [3.8, 4) is 5.75 Å². The van der Waals surface area contributed by atoms with Crippen molar-refractivity contribution in [1.82, 2.24) is 5.32 Å². The van der Waals surface area contributed by atoms with Gasteiger partial charge in [-0.2, -0.15) is 0 Å². The molecule has 0 amide bonds. The topological polar surface area (TPSA) is 34.4 Å². The first-order valence-electron chi connectivity index (χ1n) is 6.91. The van der Waals surface area contributed by atoms with E-state index >= 15 is 0 Å². The van der Waals surface area contributed by atoms with Gasteiger partial charge in [-0.15, -0.1) is 0 Å². The lowest BCUT2D eigenvalue weighted by molar-refractivity contribution is 0.356. The van der Waals surface area contributed by atoms with E-state index in [-0.39, 0.29) is 6.04 Å². The number of furan rings is 1. The number of ether oxygens (including phenoxy) is 1. The summed E-state index contributed by atoms with van der Waals surface area (Å²) < 4.78 is 11.1. The fraction of sp³-hybridized carbons (Fsp3) is 0.375. The van der Waals surface area contributed by atoms with Crippen LogP contribution >= 0.6 is 0 Å². The molecule has 1 unspecified atom stereocenters. The standard InChI is InChI=1S/C16H19NO2/c1-2-8-17-16(15-4-3-9-18-15)13-5-6-14-12(11-13)7-10-19-14/h3-6,9,11,16-17H,2,7-8,10H2,1H3. The fourth-order valence-corrected chi connectivity index (χ4v) is 2.51. The minimum atomic E-state index is 0.126. The minimum Gasteiger partial charge on any atom is -0.493 e. The van der Waals surface area contributed by atoms with Crippen molar-refractivity contribution in [3.63, 3.8) is 0 Å². The van der Waals surface area contributed by atoms with Crippen LogP contribution in [0, 0.1) is 0 Å². The van der Waals surface area contributed by atoms with Gasteiger partial charge in [-0.1, -0.05) is 13.0 Å². The molecule has 19 heavy (non-hydrogen) atoms.